The lowest BCUT2D eigenvalue weighted by Gasteiger charge is -2.31. The Kier molecular flexibility index (Phi) is 4.01. The van der Waals surface area contributed by atoms with Crippen molar-refractivity contribution in [3.05, 3.63) is 12.2 Å². The molecule has 0 unspecified atom stereocenters. The lowest BCUT2D eigenvalue weighted by Crippen LogP contribution is -2.44. The van der Waals surface area contributed by atoms with Gasteiger partial charge in [-0.15, -0.1) is 0 Å². The summed E-state index contributed by atoms with van der Waals surface area (Å²) < 4.78 is 26.4. The van der Waals surface area contributed by atoms with Gasteiger partial charge in [0, 0.05) is 6.54 Å². The molecule has 0 aromatic heterocycles. The molecule has 14 heavy (non-hydrogen) atoms. The number of hydrogen-bond donors (Lipinski definition) is 1. The zero-order valence-electron chi connectivity index (χ0n) is 8.65. The van der Waals surface area contributed by atoms with Gasteiger partial charge in [0.15, 0.2) is 0 Å². The Morgan fingerprint density at radius 1 is 1.57 bits per heavy atom. The first-order valence-electron chi connectivity index (χ1n) is 4.95. The summed E-state index contributed by atoms with van der Waals surface area (Å²) in [6.07, 6.45) is 1.93. The minimum atomic E-state index is -2.63. The molecular weight excluding hydrogens is 186 g/mol. The molecule has 1 rings (SSSR count). The number of piperidine rings is 1. The summed E-state index contributed by atoms with van der Waals surface area (Å²) in [6, 6.07) is 0. The molecule has 0 aromatic carbocycles. The van der Waals surface area contributed by atoms with Gasteiger partial charge in [-0.3, -0.25) is 4.90 Å². The third kappa shape index (κ3) is 3.72. The normalized spacial score (nSPS) is 20.1. The van der Waals surface area contributed by atoms with Gasteiger partial charge in [-0.05, 0) is 26.4 Å². The van der Waals surface area contributed by atoms with Crippen molar-refractivity contribution >= 4 is 0 Å². The average Bonchev–Trinajstić information content (AvgIpc) is 2.02. The van der Waals surface area contributed by atoms with Crippen LogP contribution in [0.4, 0.5) is 8.78 Å². The SMILES string of the molecule is C=C1CCCN(CC(F)(F)CNC)C1. The summed E-state index contributed by atoms with van der Waals surface area (Å²) in [4.78, 5) is 1.78. The summed E-state index contributed by atoms with van der Waals surface area (Å²) in [5, 5.41) is 2.51. The van der Waals surface area contributed by atoms with Gasteiger partial charge in [-0.1, -0.05) is 12.2 Å². The quantitative estimate of drug-likeness (QED) is 0.698. The zero-order valence-corrected chi connectivity index (χ0v) is 8.65. The Hall–Kier alpha value is -0.480. The van der Waals surface area contributed by atoms with Crippen molar-refractivity contribution in [2.75, 3.05) is 33.2 Å². The van der Waals surface area contributed by atoms with Crippen LogP contribution in [-0.4, -0.2) is 44.0 Å². The summed E-state index contributed by atoms with van der Waals surface area (Å²) in [6.45, 7) is 4.81. The standard InChI is InChI=1S/C10H18F2N2/c1-9-4-3-5-14(6-9)8-10(11,12)7-13-2/h13H,1,3-8H2,2H3. The molecule has 82 valence electrons. The van der Waals surface area contributed by atoms with Gasteiger partial charge in [0.25, 0.3) is 5.92 Å². The molecule has 0 radical (unpaired) electrons. The molecule has 2 nitrogen and oxygen atoms in total. The first kappa shape index (κ1) is 11.6. The Labute approximate surface area is 84.0 Å². The van der Waals surface area contributed by atoms with Crippen LogP contribution in [0, 0.1) is 0 Å². The lowest BCUT2D eigenvalue weighted by molar-refractivity contribution is -0.0293. The van der Waals surface area contributed by atoms with Gasteiger partial charge in [-0.25, -0.2) is 8.78 Å². The average molecular weight is 204 g/mol. The van der Waals surface area contributed by atoms with Gasteiger partial charge in [-0.2, -0.15) is 0 Å². The molecule has 1 aliphatic heterocycles. The summed E-state index contributed by atoms with van der Waals surface area (Å²) >= 11 is 0. The Balaban J connectivity index is 2.38. The first-order chi connectivity index (χ1) is 6.53. The van der Waals surface area contributed by atoms with Crippen LogP contribution in [0.15, 0.2) is 12.2 Å². The maximum atomic E-state index is 13.2. The predicted octanol–water partition coefficient (Wildman–Crippen LogP) is 1.49. The van der Waals surface area contributed by atoms with Crippen LogP contribution in [0.25, 0.3) is 0 Å². The van der Waals surface area contributed by atoms with Crippen LogP contribution in [0.3, 0.4) is 0 Å². The van der Waals surface area contributed by atoms with E-state index in [4.69, 9.17) is 0 Å². The van der Waals surface area contributed by atoms with E-state index in [-0.39, 0.29) is 13.1 Å². The monoisotopic (exact) mass is 204 g/mol. The molecule has 1 saturated heterocycles. The Morgan fingerprint density at radius 2 is 2.29 bits per heavy atom. The van der Waals surface area contributed by atoms with E-state index >= 15 is 0 Å². The zero-order chi connectivity index (χ0) is 10.6. The minimum absolute atomic E-state index is 0.160. The van der Waals surface area contributed by atoms with Crippen molar-refractivity contribution in [2.45, 2.75) is 18.8 Å². The molecule has 0 aliphatic carbocycles. The summed E-state index contributed by atoms with van der Waals surface area (Å²) in [5.41, 5.74) is 1.07. The van der Waals surface area contributed by atoms with Gasteiger partial charge < -0.3 is 5.32 Å². The molecule has 0 atom stereocenters. The second-order valence-electron chi connectivity index (χ2n) is 3.95. The van der Waals surface area contributed by atoms with Crippen LogP contribution in [0.2, 0.25) is 0 Å². The highest BCUT2D eigenvalue weighted by Crippen LogP contribution is 2.19. The lowest BCUT2D eigenvalue weighted by atomic mass is 10.1. The van der Waals surface area contributed by atoms with Crippen molar-refractivity contribution in [1.29, 1.82) is 0 Å². The van der Waals surface area contributed by atoms with Crippen molar-refractivity contribution < 1.29 is 8.78 Å². The Bertz CT molecular complexity index is 204. The van der Waals surface area contributed by atoms with Crippen molar-refractivity contribution in [3.8, 4) is 0 Å². The van der Waals surface area contributed by atoms with Crippen LogP contribution in [0.5, 0.6) is 0 Å². The van der Waals surface area contributed by atoms with Gasteiger partial charge >= 0.3 is 0 Å². The second kappa shape index (κ2) is 4.84. The van der Waals surface area contributed by atoms with Gasteiger partial charge in [0.05, 0.1) is 13.1 Å². The number of hydrogen-bond acceptors (Lipinski definition) is 2. The van der Waals surface area contributed by atoms with Crippen LogP contribution >= 0.6 is 0 Å². The van der Waals surface area contributed by atoms with E-state index in [9.17, 15) is 8.78 Å². The van der Waals surface area contributed by atoms with Crippen molar-refractivity contribution in [2.24, 2.45) is 0 Å². The fourth-order valence-electron chi connectivity index (χ4n) is 1.80. The fraction of sp³-hybridized carbons (Fsp3) is 0.800. The molecule has 4 heteroatoms. The third-order valence-electron chi connectivity index (χ3n) is 2.34. The largest absolute Gasteiger partial charge is 0.314 e. The molecule has 1 N–H and O–H groups in total. The van der Waals surface area contributed by atoms with E-state index in [2.05, 4.69) is 11.9 Å². The van der Waals surface area contributed by atoms with Crippen LogP contribution in [-0.2, 0) is 0 Å². The molecule has 0 amide bonds. The molecule has 0 bridgehead atoms. The maximum absolute atomic E-state index is 13.2. The molecule has 1 heterocycles. The maximum Gasteiger partial charge on any atom is 0.272 e. The number of nitrogens with zero attached hydrogens (tertiary/aromatic N) is 1. The molecular formula is C10H18F2N2. The molecule has 0 saturated carbocycles. The van der Waals surface area contributed by atoms with E-state index in [1.54, 1.807) is 11.9 Å². The predicted molar refractivity (Wildman–Crippen MR) is 53.7 cm³/mol. The minimum Gasteiger partial charge on any atom is -0.314 e. The van der Waals surface area contributed by atoms with E-state index in [0.717, 1.165) is 25.0 Å². The first-order valence-corrected chi connectivity index (χ1v) is 4.95. The smallest absolute Gasteiger partial charge is 0.272 e. The highest BCUT2D eigenvalue weighted by Gasteiger charge is 2.31. The molecule has 1 fully saturated rings. The van der Waals surface area contributed by atoms with Crippen molar-refractivity contribution in [3.63, 3.8) is 0 Å². The third-order valence-corrected chi connectivity index (χ3v) is 2.34. The highest BCUT2D eigenvalue weighted by molar-refractivity contribution is 5.01. The highest BCUT2D eigenvalue weighted by atomic mass is 19.3. The number of likely N-dealkylation sites (tertiary alicyclic amines) is 1. The molecule has 0 spiro atoms. The van der Waals surface area contributed by atoms with E-state index in [1.807, 2.05) is 0 Å². The van der Waals surface area contributed by atoms with E-state index in [0.29, 0.717) is 6.54 Å². The van der Waals surface area contributed by atoms with Crippen molar-refractivity contribution in [1.82, 2.24) is 10.2 Å². The van der Waals surface area contributed by atoms with Gasteiger partial charge in [0.2, 0.25) is 0 Å². The van der Waals surface area contributed by atoms with Crippen LogP contribution in [0.1, 0.15) is 12.8 Å². The number of alkyl halides is 2. The van der Waals surface area contributed by atoms with Crippen LogP contribution < -0.4 is 5.32 Å². The fourth-order valence-corrected chi connectivity index (χ4v) is 1.80. The summed E-state index contributed by atoms with van der Waals surface area (Å²) in [7, 11) is 1.54. The van der Waals surface area contributed by atoms with E-state index < -0.39 is 5.92 Å². The number of nitrogens with one attached hydrogen (secondary N) is 1. The summed E-state index contributed by atoms with van der Waals surface area (Å²) in [5.74, 6) is -2.63. The van der Waals surface area contributed by atoms with E-state index in [1.165, 1.54) is 0 Å². The number of halogens is 2. The molecule has 0 aromatic rings. The number of rotatable bonds is 4. The molecule has 1 aliphatic rings. The second-order valence-corrected chi connectivity index (χ2v) is 3.95. The van der Waals surface area contributed by atoms with Gasteiger partial charge in [0.1, 0.15) is 0 Å². The topological polar surface area (TPSA) is 15.3 Å². The Morgan fingerprint density at radius 3 is 2.86 bits per heavy atom.